The molecule has 3 heterocycles. The molecule has 0 unspecified atom stereocenters. The molecule has 0 saturated carbocycles. The summed E-state index contributed by atoms with van der Waals surface area (Å²) >= 11 is 0. The molecular weight excluding hydrogens is 200 g/mol. The van der Waals surface area contributed by atoms with Gasteiger partial charge in [0.25, 0.3) is 0 Å². The van der Waals surface area contributed by atoms with Gasteiger partial charge in [0.1, 0.15) is 5.60 Å². The van der Waals surface area contributed by atoms with E-state index in [4.69, 9.17) is 4.74 Å². The van der Waals surface area contributed by atoms with Crippen molar-refractivity contribution in [3.8, 4) is 0 Å². The summed E-state index contributed by atoms with van der Waals surface area (Å²) in [6, 6.07) is 4.16. The van der Waals surface area contributed by atoms with Gasteiger partial charge in [-0.1, -0.05) is 6.07 Å². The number of hydrogen-bond acceptors (Lipinski definition) is 3. The third-order valence-corrected chi connectivity index (χ3v) is 3.75. The van der Waals surface area contributed by atoms with E-state index in [1.165, 1.54) is 11.3 Å². The second kappa shape index (κ2) is 3.28. The molecule has 2 aliphatic heterocycles. The molecule has 1 aromatic heterocycles. The average molecular weight is 218 g/mol. The lowest BCUT2D eigenvalue weighted by atomic mass is 9.87. The summed E-state index contributed by atoms with van der Waals surface area (Å²) in [7, 11) is 0. The average Bonchev–Trinajstić information content (AvgIpc) is 2.50. The SMILES string of the molecule is CC1(C)OC2(CCNCC2)c2ncccc21. The quantitative estimate of drug-likeness (QED) is 0.722. The molecule has 16 heavy (non-hydrogen) atoms. The van der Waals surface area contributed by atoms with Crippen molar-refractivity contribution in [2.24, 2.45) is 0 Å². The Morgan fingerprint density at radius 1 is 1.31 bits per heavy atom. The summed E-state index contributed by atoms with van der Waals surface area (Å²) in [5, 5.41) is 3.39. The van der Waals surface area contributed by atoms with Gasteiger partial charge in [0, 0.05) is 11.8 Å². The Bertz CT molecular complexity index is 408. The summed E-state index contributed by atoms with van der Waals surface area (Å²) in [6.07, 6.45) is 3.94. The van der Waals surface area contributed by atoms with Crippen molar-refractivity contribution in [3.05, 3.63) is 29.6 Å². The molecule has 0 aromatic carbocycles. The van der Waals surface area contributed by atoms with Gasteiger partial charge in [-0.3, -0.25) is 4.98 Å². The third kappa shape index (κ3) is 1.31. The van der Waals surface area contributed by atoms with E-state index < -0.39 is 0 Å². The summed E-state index contributed by atoms with van der Waals surface area (Å²) in [4.78, 5) is 4.58. The van der Waals surface area contributed by atoms with Crippen LogP contribution in [0.1, 0.15) is 37.9 Å². The summed E-state index contributed by atoms with van der Waals surface area (Å²) in [6.45, 7) is 6.33. The van der Waals surface area contributed by atoms with E-state index in [1.54, 1.807) is 0 Å². The van der Waals surface area contributed by atoms with E-state index in [2.05, 4.69) is 30.2 Å². The molecule has 86 valence electrons. The number of aromatic nitrogens is 1. The van der Waals surface area contributed by atoms with Crippen LogP contribution in [-0.4, -0.2) is 18.1 Å². The number of nitrogens with one attached hydrogen (secondary N) is 1. The van der Waals surface area contributed by atoms with E-state index in [9.17, 15) is 0 Å². The molecule has 2 aliphatic rings. The summed E-state index contributed by atoms with van der Waals surface area (Å²) in [5.41, 5.74) is 2.10. The molecule has 1 spiro atoms. The molecule has 0 bridgehead atoms. The summed E-state index contributed by atoms with van der Waals surface area (Å²) < 4.78 is 6.35. The van der Waals surface area contributed by atoms with Crippen molar-refractivity contribution in [1.29, 1.82) is 0 Å². The number of ether oxygens (including phenoxy) is 1. The molecule has 0 radical (unpaired) electrons. The van der Waals surface area contributed by atoms with Crippen LogP contribution in [0.25, 0.3) is 0 Å². The lowest BCUT2D eigenvalue weighted by Gasteiger charge is -2.35. The van der Waals surface area contributed by atoms with Gasteiger partial charge in [-0.25, -0.2) is 0 Å². The van der Waals surface area contributed by atoms with Gasteiger partial charge in [0.2, 0.25) is 0 Å². The van der Waals surface area contributed by atoms with Gasteiger partial charge < -0.3 is 10.1 Å². The lowest BCUT2D eigenvalue weighted by Crippen LogP contribution is -2.41. The van der Waals surface area contributed by atoms with Crippen molar-refractivity contribution in [3.63, 3.8) is 0 Å². The van der Waals surface area contributed by atoms with Crippen molar-refractivity contribution in [2.75, 3.05) is 13.1 Å². The van der Waals surface area contributed by atoms with Gasteiger partial charge >= 0.3 is 0 Å². The largest absolute Gasteiger partial charge is 0.358 e. The lowest BCUT2D eigenvalue weighted by molar-refractivity contribution is -0.140. The first kappa shape index (κ1) is 10.2. The Morgan fingerprint density at radius 2 is 2.06 bits per heavy atom. The maximum atomic E-state index is 6.35. The van der Waals surface area contributed by atoms with E-state index in [1.807, 2.05) is 12.3 Å². The Kier molecular flexibility index (Phi) is 2.10. The number of rotatable bonds is 0. The minimum Gasteiger partial charge on any atom is -0.358 e. The van der Waals surface area contributed by atoms with Gasteiger partial charge in [-0.05, 0) is 45.8 Å². The minimum absolute atomic E-state index is 0.134. The molecule has 1 fully saturated rings. The molecule has 3 heteroatoms. The van der Waals surface area contributed by atoms with Crippen LogP contribution in [0.2, 0.25) is 0 Å². The van der Waals surface area contributed by atoms with Gasteiger partial charge in [0.15, 0.2) is 0 Å². The van der Waals surface area contributed by atoms with Crippen molar-refractivity contribution in [1.82, 2.24) is 10.3 Å². The van der Waals surface area contributed by atoms with E-state index in [-0.39, 0.29) is 11.2 Å². The second-order valence-electron chi connectivity index (χ2n) is 5.26. The number of piperidine rings is 1. The van der Waals surface area contributed by atoms with Crippen LogP contribution in [0.5, 0.6) is 0 Å². The Labute approximate surface area is 96.2 Å². The van der Waals surface area contributed by atoms with Crippen LogP contribution >= 0.6 is 0 Å². The van der Waals surface area contributed by atoms with Crippen molar-refractivity contribution in [2.45, 2.75) is 37.9 Å². The fraction of sp³-hybridized carbons (Fsp3) is 0.615. The standard InChI is InChI=1S/C13H18N2O/c1-12(2)10-4-3-7-15-11(10)13(16-12)5-8-14-9-6-13/h3-4,7,14H,5-6,8-9H2,1-2H3. The van der Waals surface area contributed by atoms with Crippen LogP contribution in [0, 0.1) is 0 Å². The molecule has 0 aliphatic carbocycles. The minimum atomic E-state index is -0.194. The second-order valence-corrected chi connectivity index (χ2v) is 5.26. The smallest absolute Gasteiger partial charge is 0.114 e. The van der Waals surface area contributed by atoms with Gasteiger partial charge in [-0.15, -0.1) is 0 Å². The zero-order chi connectivity index (χ0) is 11.2. The predicted molar refractivity (Wildman–Crippen MR) is 62.1 cm³/mol. The van der Waals surface area contributed by atoms with Crippen LogP contribution in [0.4, 0.5) is 0 Å². The molecular formula is C13H18N2O. The maximum absolute atomic E-state index is 6.35. The summed E-state index contributed by atoms with van der Waals surface area (Å²) in [5.74, 6) is 0. The zero-order valence-electron chi connectivity index (χ0n) is 9.92. The Hall–Kier alpha value is -0.930. The molecule has 1 N–H and O–H groups in total. The van der Waals surface area contributed by atoms with Crippen LogP contribution < -0.4 is 5.32 Å². The molecule has 0 amide bonds. The first-order chi connectivity index (χ1) is 7.64. The van der Waals surface area contributed by atoms with Gasteiger partial charge in [-0.2, -0.15) is 0 Å². The van der Waals surface area contributed by atoms with Crippen LogP contribution in [0.3, 0.4) is 0 Å². The van der Waals surface area contributed by atoms with Gasteiger partial charge in [0.05, 0.1) is 11.3 Å². The fourth-order valence-corrected chi connectivity index (χ4v) is 3.02. The molecule has 1 aromatic rings. The monoisotopic (exact) mass is 218 g/mol. The highest BCUT2D eigenvalue weighted by atomic mass is 16.5. The molecule has 0 atom stereocenters. The van der Waals surface area contributed by atoms with Crippen molar-refractivity contribution < 1.29 is 4.74 Å². The van der Waals surface area contributed by atoms with E-state index in [0.717, 1.165) is 25.9 Å². The fourth-order valence-electron chi connectivity index (χ4n) is 3.02. The number of fused-ring (bicyclic) bond motifs is 2. The number of nitrogens with zero attached hydrogens (tertiary/aromatic N) is 1. The highest BCUT2D eigenvalue weighted by Crippen LogP contribution is 2.49. The number of pyridine rings is 1. The van der Waals surface area contributed by atoms with Crippen molar-refractivity contribution >= 4 is 0 Å². The Balaban J connectivity index is 2.11. The highest BCUT2D eigenvalue weighted by molar-refractivity contribution is 5.35. The predicted octanol–water partition coefficient (Wildman–Crippen LogP) is 1.93. The normalized spacial score (nSPS) is 25.6. The van der Waals surface area contributed by atoms with Crippen LogP contribution in [0.15, 0.2) is 18.3 Å². The first-order valence-corrected chi connectivity index (χ1v) is 6.01. The maximum Gasteiger partial charge on any atom is 0.114 e. The van der Waals surface area contributed by atoms with E-state index >= 15 is 0 Å². The molecule has 3 rings (SSSR count). The highest BCUT2D eigenvalue weighted by Gasteiger charge is 2.50. The first-order valence-electron chi connectivity index (χ1n) is 6.01. The zero-order valence-corrected chi connectivity index (χ0v) is 9.92. The van der Waals surface area contributed by atoms with Crippen LogP contribution in [-0.2, 0) is 15.9 Å². The molecule has 1 saturated heterocycles. The Morgan fingerprint density at radius 3 is 2.81 bits per heavy atom. The van der Waals surface area contributed by atoms with E-state index in [0.29, 0.717) is 0 Å². The number of hydrogen-bond donors (Lipinski definition) is 1. The molecule has 3 nitrogen and oxygen atoms in total. The topological polar surface area (TPSA) is 34.1 Å². The third-order valence-electron chi connectivity index (χ3n) is 3.75.